The average Bonchev–Trinajstić information content (AvgIpc) is 3.22. The van der Waals surface area contributed by atoms with Gasteiger partial charge in [-0.3, -0.25) is 4.79 Å². The third-order valence-corrected chi connectivity index (χ3v) is 10.2. The normalized spacial score (nSPS) is 16.0. The smallest absolute Gasteiger partial charge is 0.418 e. The van der Waals surface area contributed by atoms with Crippen molar-refractivity contribution >= 4 is 32.3 Å². The highest BCUT2D eigenvalue weighted by molar-refractivity contribution is 6.74. The summed E-state index contributed by atoms with van der Waals surface area (Å²) in [6, 6.07) is 0.824. The number of esters is 2. The summed E-state index contributed by atoms with van der Waals surface area (Å²) in [5, 5.41) is 0.122. The Morgan fingerprint density at radius 2 is 1.56 bits per heavy atom. The number of ether oxygens (including phenoxy) is 3. The molecule has 1 unspecified atom stereocenters. The maximum absolute atomic E-state index is 11.9. The van der Waals surface area contributed by atoms with Gasteiger partial charge in [-0.05, 0) is 63.9 Å². The summed E-state index contributed by atoms with van der Waals surface area (Å²) in [5.74, 6) is -0.949. The molecule has 1 aliphatic rings. The van der Waals surface area contributed by atoms with Crippen LogP contribution in [0, 0.1) is 6.92 Å². The lowest BCUT2D eigenvalue weighted by atomic mass is 10.1. The number of rotatable bonds is 4. The van der Waals surface area contributed by atoms with Crippen LogP contribution in [0.15, 0.2) is 17.7 Å². The number of aryl methyl sites for hydroxylation is 1. The van der Waals surface area contributed by atoms with Gasteiger partial charge >= 0.3 is 18.0 Å². The molecule has 10 nitrogen and oxygen atoms in total. The molecule has 1 aromatic rings. The van der Waals surface area contributed by atoms with Crippen molar-refractivity contribution in [1.82, 2.24) is 9.88 Å². The SMILES string of the molecule is COC(=O)C1C(C)=CC(=O)N1C(=O)OC(C)(C)C.COC(=O)c1[nH]c(O[Si](C)(C)C(C)(C)C)cc1C. The van der Waals surface area contributed by atoms with Crippen molar-refractivity contribution in [2.24, 2.45) is 0 Å². The van der Waals surface area contributed by atoms with Gasteiger partial charge in [-0.15, -0.1) is 0 Å². The van der Waals surface area contributed by atoms with Crippen molar-refractivity contribution in [3.63, 3.8) is 0 Å². The van der Waals surface area contributed by atoms with Crippen molar-refractivity contribution < 1.29 is 37.8 Å². The molecule has 2 rings (SSSR count). The number of carbonyl (C=O) groups is 4. The molecule has 36 heavy (non-hydrogen) atoms. The molecule has 0 bridgehead atoms. The summed E-state index contributed by atoms with van der Waals surface area (Å²) in [6.45, 7) is 19.4. The topological polar surface area (TPSA) is 124 Å². The van der Waals surface area contributed by atoms with Crippen LogP contribution in [-0.2, 0) is 23.8 Å². The van der Waals surface area contributed by atoms with Crippen LogP contribution in [0.3, 0.4) is 0 Å². The molecule has 0 saturated heterocycles. The van der Waals surface area contributed by atoms with E-state index in [0.29, 0.717) is 17.1 Å². The van der Waals surface area contributed by atoms with Crippen molar-refractivity contribution in [1.29, 1.82) is 0 Å². The molecule has 0 radical (unpaired) electrons. The van der Waals surface area contributed by atoms with E-state index in [4.69, 9.17) is 13.9 Å². The summed E-state index contributed by atoms with van der Waals surface area (Å²) in [4.78, 5) is 50.4. The molecular formula is C25H40N2O8Si. The molecule has 2 amide bonds. The second kappa shape index (κ2) is 11.3. The predicted molar refractivity (Wildman–Crippen MR) is 137 cm³/mol. The number of nitrogens with zero attached hydrogens (tertiary/aromatic N) is 1. The second-order valence-corrected chi connectivity index (χ2v) is 15.8. The van der Waals surface area contributed by atoms with Gasteiger partial charge in [-0.1, -0.05) is 20.8 Å². The fourth-order valence-electron chi connectivity index (χ4n) is 2.91. The molecule has 0 spiro atoms. The Morgan fingerprint density at radius 3 is 2.00 bits per heavy atom. The first-order chi connectivity index (χ1) is 16.3. The summed E-state index contributed by atoms with van der Waals surface area (Å²) in [7, 11) is 0.688. The van der Waals surface area contributed by atoms with Crippen LogP contribution in [0.25, 0.3) is 0 Å². The fourth-order valence-corrected chi connectivity index (χ4v) is 3.87. The molecule has 0 aromatic carbocycles. The quantitative estimate of drug-likeness (QED) is 0.340. The maximum Gasteiger partial charge on any atom is 0.418 e. The van der Waals surface area contributed by atoms with E-state index in [9.17, 15) is 19.2 Å². The summed E-state index contributed by atoms with van der Waals surface area (Å²) in [5.41, 5.74) is 1.02. The molecule has 0 saturated carbocycles. The van der Waals surface area contributed by atoms with Crippen LogP contribution < -0.4 is 4.43 Å². The monoisotopic (exact) mass is 524 g/mol. The average molecular weight is 525 g/mol. The van der Waals surface area contributed by atoms with E-state index in [-0.39, 0.29) is 11.0 Å². The molecule has 1 aliphatic heterocycles. The van der Waals surface area contributed by atoms with Crippen LogP contribution in [0.4, 0.5) is 4.79 Å². The molecule has 0 aliphatic carbocycles. The van der Waals surface area contributed by atoms with Gasteiger partial charge < -0.3 is 23.6 Å². The highest BCUT2D eigenvalue weighted by Crippen LogP contribution is 2.37. The third-order valence-electron chi connectivity index (χ3n) is 5.84. The van der Waals surface area contributed by atoms with Crippen LogP contribution in [0.5, 0.6) is 5.88 Å². The molecule has 11 heteroatoms. The number of H-pyrrole nitrogens is 1. The van der Waals surface area contributed by atoms with Gasteiger partial charge in [0.15, 0.2) is 11.9 Å². The number of hydrogen-bond donors (Lipinski definition) is 1. The number of aromatic amines is 1. The Morgan fingerprint density at radius 1 is 1.00 bits per heavy atom. The molecule has 2 heterocycles. The van der Waals surface area contributed by atoms with Gasteiger partial charge in [0, 0.05) is 12.1 Å². The lowest BCUT2D eigenvalue weighted by molar-refractivity contribution is -0.148. The first-order valence-electron chi connectivity index (χ1n) is 11.5. The van der Waals surface area contributed by atoms with Gasteiger partial charge in [-0.25, -0.2) is 19.3 Å². The summed E-state index contributed by atoms with van der Waals surface area (Å²) >= 11 is 0. The van der Waals surface area contributed by atoms with E-state index in [0.717, 1.165) is 10.5 Å². The van der Waals surface area contributed by atoms with E-state index in [1.165, 1.54) is 20.3 Å². The van der Waals surface area contributed by atoms with Crippen LogP contribution in [-0.4, -0.2) is 68.0 Å². The predicted octanol–water partition coefficient (Wildman–Crippen LogP) is 4.75. The minimum Gasteiger partial charge on any atom is -0.532 e. The lowest BCUT2D eigenvalue weighted by Crippen LogP contribution is -2.47. The zero-order valence-electron chi connectivity index (χ0n) is 23.4. The number of carbonyl (C=O) groups excluding carboxylic acids is 4. The Kier molecular flexibility index (Phi) is 9.73. The first-order valence-corrected chi connectivity index (χ1v) is 14.5. The lowest BCUT2D eigenvalue weighted by Gasteiger charge is -2.35. The first kappa shape index (κ1) is 30.9. The van der Waals surface area contributed by atoms with E-state index >= 15 is 0 Å². The van der Waals surface area contributed by atoms with Crippen LogP contribution >= 0.6 is 0 Å². The molecule has 1 N–H and O–H groups in total. The number of hydrogen-bond acceptors (Lipinski definition) is 8. The molecule has 0 fully saturated rings. The number of imide groups is 1. The Balaban J connectivity index is 0.000000360. The second-order valence-electron chi connectivity index (χ2n) is 11.0. The molecule has 202 valence electrons. The molecular weight excluding hydrogens is 484 g/mol. The Hall–Kier alpha value is -3.08. The summed E-state index contributed by atoms with van der Waals surface area (Å²) < 4.78 is 20.5. The van der Waals surface area contributed by atoms with Crippen LogP contribution in [0.1, 0.15) is 64.5 Å². The highest BCUT2D eigenvalue weighted by atomic mass is 28.4. The number of aromatic nitrogens is 1. The maximum atomic E-state index is 11.9. The fraction of sp³-hybridized carbons (Fsp3) is 0.600. The minimum absolute atomic E-state index is 0.122. The standard InChI is InChI=1S/C13H23NO3Si.C12H17NO5/c1-9-8-10(14-11(9)12(15)16-5)17-18(6,7)13(2,3)4;1-7-6-8(14)13(9(7)10(15)17-5)11(16)18-12(2,3)4/h8,14H,1-7H3;6,9H,1-5H3. The van der Waals surface area contributed by atoms with E-state index in [2.05, 4.69) is 43.6 Å². The van der Waals surface area contributed by atoms with E-state index in [1.807, 2.05) is 13.0 Å². The Labute approximate surface area is 214 Å². The van der Waals surface area contributed by atoms with Gasteiger partial charge in [0.2, 0.25) is 0 Å². The third kappa shape index (κ3) is 7.71. The van der Waals surface area contributed by atoms with Crippen molar-refractivity contribution in [3.8, 4) is 5.88 Å². The molecule has 1 atom stereocenters. The zero-order chi connectivity index (χ0) is 28.2. The highest BCUT2D eigenvalue weighted by Gasteiger charge is 2.43. The van der Waals surface area contributed by atoms with Gasteiger partial charge in [0.1, 0.15) is 11.3 Å². The number of amides is 2. The summed E-state index contributed by atoms with van der Waals surface area (Å²) in [6.07, 6.45) is 0.377. The Bertz CT molecular complexity index is 1030. The van der Waals surface area contributed by atoms with Crippen molar-refractivity contribution in [3.05, 3.63) is 29.0 Å². The number of methoxy groups -OCH3 is 2. The largest absolute Gasteiger partial charge is 0.532 e. The molecule has 1 aromatic heterocycles. The zero-order valence-corrected chi connectivity index (χ0v) is 24.4. The van der Waals surface area contributed by atoms with E-state index in [1.54, 1.807) is 27.7 Å². The van der Waals surface area contributed by atoms with Crippen molar-refractivity contribution in [2.45, 2.75) is 85.2 Å². The van der Waals surface area contributed by atoms with Gasteiger partial charge in [-0.2, -0.15) is 0 Å². The van der Waals surface area contributed by atoms with Gasteiger partial charge in [0.25, 0.3) is 14.2 Å². The minimum atomic E-state index is -1.88. The van der Waals surface area contributed by atoms with E-state index < -0.39 is 37.9 Å². The van der Waals surface area contributed by atoms with Crippen LogP contribution in [0.2, 0.25) is 18.1 Å². The van der Waals surface area contributed by atoms with Crippen molar-refractivity contribution in [2.75, 3.05) is 14.2 Å². The van der Waals surface area contributed by atoms with Gasteiger partial charge in [0.05, 0.1) is 14.2 Å². The number of nitrogens with one attached hydrogen (secondary N) is 1.